The van der Waals surface area contributed by atoms with E-state index in [0.717, 1.165) is 19.5 Å². The van der Waals surface area contributed by atoms with Crippen molar-refractivity contribution >= 4 is 11.6 Å². The molecule has 0 atom stereocenters. The number of rotatable bonds is 9. The van der Waals surface area contributed by atoms with Gasteiger partial charge in [-0.15, -0.1) is 0 Å². The molecule has 0 radical (unpaired) electrons. The predicted molar refractivity (Wildman–Crippen MR) is 112 cm³/mol. The monoisotopic (exact) mass is 381 g/mol. The van der Waals surface area contributed by atoms with Crippen LogP contribution >= 0.6 is 0 Å². The molecule has 1 heterocycles. The first-order chi connectivity index (χ1) is 13.4. The molecule has 1 aromatic heterocycles. The van der Waals surface area contributed by atoms with Gasteiger partial charge < -0.3 is 4.90 Å². The van der Waals surface area contributed by atoms with Crippen LogP contribution in [-0.4, -0.2) is 48.1 Å². The molecule has 1 N–H and O–H groups in total. The van der Waals surface area contributed by atoms with Crippen molar-refractivity contribution in [1.82, 2.24) is 20.4 Å². The second-order valence-electron chi connectivity index (χ2n) is 8.11. The number of carbonyl (C=O) groups is 1. The molecular formula is C22H31N5O. The summed E-state index contributed by atoms with van der Waals surface area (Å²) < 4.78 is 0. The average Bonchev–Trinajstić information content (AvgIpc) is 3.50. The zero-order chi connectivity index (χ0) is 20.1. The van der Waals surface area contributed by atoms with E-state index in [1.165, 1.54) is 36.0 Å². The molecule has 1 saturated carbocycles. The van der Waals surface area contributed by atoms with Crippen molar-refractivity contribution in [3.8, 4) is 0 Å². The third-order valence-electron chi connectivity index (χ3n) is 5.17. The van der Waals surface area contributed by atoms with E-state index in [1.807, 2.05) is 0 Å². The third-order valence-corrected chi connectivity index (χ3v) is 5.17. The number of anilines is 1. The van der Waals surface area contributed by atoms with Crippen LogP contribution in [0.5, 0.6) is 0 Å². The lowest BCUT2D eigenvalue weighted by atomic mass is 9.94. The third kappa shape index (κ3) is 5.52. The fourth-order valence-corrected chi connectivity index (χ4v) is 3.34. The van der Waals surface area contributed by atoms with Crippen LogP contribution in [0.2, 0.25) is 0 Å². The predicted octanol–water partition coefficient (Wildman–Crippen LogP) is 3.27. The van der Waals surface area contributed by atoms with Crippen LogP contribution < -0.4 is 10.3 Å². The van der Waals surface area contributed by atoms with Gasteiger partial charge in [-0.1, -0.05) is 19.9 Å². The zero-order valence-corrected chi connectivity index (χ0v) is 17.4. The molecule has 0 saturated heterocycles. The summed E-state index contributed by atoms with van der Waals surface area (Å²) in [5.41, 5.74) is 7.38. The van der Waals surface area contributed by atoms with Crippen LogP contribution in [0, 0.1) is 5.92 Å². The van der Waals surface area contributed by atoms with Crippen molar-refractivity contribution in [2.75, 3.05) is 32.1 Å². The van der Waals surface area contributed by atoms with E-state index in [1.54, 1.807) is 12.3 Å². The Morgan fingerprint density at radius 3 is 2.64 bits per heavy atom. The smallest absolute Gasteiger partial charge is 0.284 e. The minimum absolute atomic E-state index is 0.172. The summed E-state index contributed by atoms with van der Waals surface area (Å²) in [7, 11) is 4.13. The number of aromatic nitrogens is 2. The highest BCUT2D eigenvalue weighted by atomic mass is 16.2. The normalized spacial score (nSPS) is 13.8. The second-order valence-corrected chi connectivity index (χ2v) is 8.11. The molecule has 1 aliphatic rings. The maximum absolute atomic E-state index is 12.5. The number of nitrogens with one attached hydrogen (secondary N) is 1. The topological polar surface area (TPSA) is 61.4 Å². The highest BCUT2D eigenvalue weighted by Crippen LogP contribution is 2.30. The first kappa shape index (κ1) is 20.3. The molecule has 6 heteroatoms. The number of amides is 1. The lowest BCUT2D eigenvalue weighted by Gasteiger charge is -2.24. The fourth-order valence-electron chi connectivity index (χ4n) is 3.34. The van der Waals surface area contributed by atoms with Crippen molar-refractivity contribution in [3.05, 3.63) is 53.6 Å². The molecule has 1 amide bonds. The van der Waals surface area contributed by atoms with Gasteiger partial charge in [-0.3, -0.25) is 10.2 Å². The number of hydrogen-bond acceptors (Lipinski definition) is 5. The van der Waals surface area contributed by atoms with Gasteiger partial charge in [0.1, 0.15) is 12.0 Å². The van der Waals surface area contributed by atoms with Crippen molar-refractivity contribution in [2.24, 2.45) is 5.92 Å². The molecule has 0 spiro atoms. The molecule has 2 aromatic rings. The molecule has 1 aliphatic carbocycles. The summed E-state index contributed by atoms with van der Waals surface area (Å²) in [6.45, 7) is 6.13. The van der Waals surface area contributed by atoms with Gasteiger partial charge in [-0.2, -0.15) is 0 Å². The van der Waals surface area contributed by atoms with E-state index in [4.69, 9.17) is 0 Å². The molecule has 150 valence electrons. The Kier molecular flexibility index (Phi) is 6.62. The minimum Gasteiger partial charge on any atom is -0.378 e. The quantitative estimate of drug-likeness (QED) is 0.676. The lowest BCUT2D eigenvalue weighted by molar-refractivity contribution is 0.0775. The molecule has 0 unspecified atom stereocenters. The number of hydrogen-bond donors (Lipinski definition) is 1. The number of benzene rings is 1. The summed E-state index contributed by atoms with van der Waals surface area (Å²) in [6.07, 6.45) is 6.38. The van der Waals surface area contributed by atoms with Crippen LogP contribution in [0.25, 0.3) is 0 Å². The van der Waals surface area contributed by atoms with Crippen molar-refractivity contribution in [1.29, 1.82) is 0 Å². The van der Waals surface area contributed by atoms with Gasteiger partial charge in [0.25, 0.3) is 5.91 Å². The van der Waals surface area contributed by atoms with Crippen molar-refractivity contribution in [2.45, 2.75) is 39.0 Å². The fraction of sp³-hybridized carbons (Fsp3) is 0.500. The Labute approximate surface area is 168 Å². The van der Waals surface area contributed by atoms with Gasteiger partial charge in [0.15, 0.2) is 0 Å². The summed E-state index contributed by atoms with van der Waals surface area (Å²) >= 11 is 0. The Morgan fingerprint density at radius 2 is 2.04 bits per heavy atom. The van der Waals surface area contributed by atoms with Crippen LogP contribution in [0.4, 0.5) is 5.69 Å². The first-order valence-electron chi connectivity index (χ1n) is 10.1. The number of carbonyl (C=O) groups excluding carboxylic acids is 1. The van der Waals surface area contributed by atoms with E-state index in [9.17, 15) is 4.79 Å². The highest BCUT2D eigenvalue weighted by molar-refractivity contribution is 5.91. The number of hydrazine groups is 1. The molecule has 1 aromatic carbocycles. The maximum Gasteiger partial charge on any atom is 0.284 e. The molecule has 0 bridgehead atoms. The van der Waals surface area contributed by atoms with Gasteiger partial charge in [-0.25, -0.2) is 15.0 Å². The van der Waals surface area contributed by atoms with Crippen LogP contribution in [0.15, 0.2) is 36.8 Å². The Balaban J connectivity index is 1.71. The molecule has 0 aliphatic heterocycles. The SMILES string of the molecule is CC(C)c1ccc(N(C)C)cc1CCN(CC1CC1)NC(=O)c1ccncn1. The number of nitrogens with zero attached hydrogens (tertiary/aromatic N) is 4. The summed E-state index contributed by atoms with van der Waals surface area (Å²) in [6, 6.07) is 8.33. The first-order valence-corrected chi connectivity index (χ1v) is 10.1. The molecule has 3 rings (SSSR count). The molecular weight excluding hydrogens is 350 g/mol. The van der Waals surface area contributed by atoms with Gasteiger partial charge in [0.2, 0.25) is 0 Å². The Morgan fingerprint density at radius 1 is 1.25 bits per heavy atom. The lowest BCUT2D eigenvalue weighted by Crippen LogP contribution is -2.44. The zero-order valence-electron chi connectivity index (χ0n) is 17.4. The average molecular weight is 382 g/mol. The van der Waals surface area contributed by atoms with Crippen molar-refractivity contribution in [3.63, 3.8) is 0 Å². The Bertz CT molecular complexity index is 787. The maximum atomic E-state index is 12.5. The molecule has 1 fully saturated rings. The van der Waals surface area contributed by atoms with E-state index in [0.29, 0.717) is 17.5 Å². The van der Waals surface area contributed by atoms with Gasteiger partial charge in [0.05, 0.1) is 0 Å². The molecule has 28 heavy (non-hydrogen) atoms. The molecule has 6 nitrogen and oxygen atoms in total. The van der Waals surface area contributed by atoms with E-state index in [2.05, 4.69) is 71.4 Å². The summed E-state index contributed by atoms with van der Waals surface area (Å²) in [5, 5.41) is 2.06. The van der Waals surface area contributed by atoms with Gasteiger partial charge in [-0.05, 0) is 60.4 Å². The Hall–Kier alpha value is -2.47. The summed E-state index contributed by atoms with van der Waals surface area (Å²) in [5.74, 6) is 0.983. The minimum atomic E-state index is -0.172. The standard InChI is InChI=1S/C22H31N5O/c1-16(2)20-8-7-19(26(3)4)13-18(20)10-12-27(14-17-5-6-17)25-22(28)21-9-11-23-15-24-21/h7-9,11,13,15-17H,5-6,10,12,14H2,1-4H3,(H,25,28). The van der Waals surface area contributed by atoms with Gasteiger partial charge in [0, 0.05) is 39.1 Å². The largest absolute Gasteiger partial charge is 0.378 e. The van der Waals surface area contributed by atoms with E-state index in [-0.39, 0.29) is 5.91 Å². The second kappa shape index (κ2) is 9.15. The van der Waals surface area contributed by atoms with Crippen molar-refractivity contribution < 1.29 is 4.79 Å². The highest BCUT2D eigenvalue weighted by Gasteiger charge is 2.25. The van der Waals surface area contributed by atoms with Crippen LogP contribution in [-0.2, 0) is 6.42 Å². The van der Waals surface area contributed by atoms with E-state index >= 15 is 0 Å². The van der Waals surface area contributed by atoms with Crippen LogP contribution in [0.1, 0.15) is 54.2 Å². The van der Waals surface area contributed by atoms with Crippen LogP contribution in [0.3, 0.4) is 0 Å². The van der Waals surface area contributed by atoms with E-state index < -0.39 is 0 Å². The van der Waals surface area contributed by atoms with Gasteiger partial charge >= 0.3 is 0 Å². The summed E-state index contributed by atoms with van der Waals surface area (Å²) in [4.78, 5) is 22.6.